The van der Waals surface area contributed by atoms with Gasteiger partial charge >= 0.3 is 15.5 Å². The number of ether oxygens (including phenoxy) is 1. The molecular weight excluding hydrogens is 500 g/mol. The molecule has 0 spiro atoms. The lowest BCUT2D eigenvalue weighted by Gasteiger charge is -2.31. The normalized spacial score (nSPS) is 18.1. The van der Waals surface area contributed by atoms with E-state index < -0.39 is 21.1 Å². The average Bonchev–Trinajstić information content (AvgIpc) is 2.57. The zero-order valence-corrected chi connectivity index (χ0v) is 19.2. The number of hydrogen-bond acceptors (Lipinski definition) is 4. The lowest BCUT2D eigenvalue weighted by Crippen LogP contribution is -2.47. The Labute approximate surface area is 176 Å². The number of rotatable bonds is 7. The van der Waals surface area contributed by atoms with E-state index in [-0.39, 0.29) is 43.0 Å². The van der Waals surface area contributed by atoms with E-state index in [0.717, 1.165) is 0 Å². The molecule has 0 aliphatic carbocycles. The number of aliphatic imine (C=N–C) groups is 1. The van der Waals surface area contributed by atoms with Crippen molar-refractivity contribution in [3.63, 3.8) is 0 Å². The summed E-state index contributed by atoms with van der Waals surface area (Å²) in [5.74, 6) is 0.678. The van der Waals surface area contributed by atoms with Crippen LogP contribution in [0.15, 0.2) is 4.99 Å². The van der Waals surface area contributed by atoms with Crippen molar-refractivity contribution >= 4 is 40.0 Å². The molecule has 162 valence electrons. The fourth-order valence-electron chi connectivity index (χ4n) is 2.42. The number of alkyl halides is 3. The maximum absolute atomic E-state index is 12.6. The number of piperidine rings is 1. The van der Waals surface area contributed by atoms with Gasteiger partial charge in [0.05, 0.1) is 12.1 Å². The monoisotopic (exact) mass is 530 g/mol. The molecule has 0 aromatic heterocycles. The fraction of sp³-hybridized carbons (Fsp3) is 0.933. The van der Waals surface area contributed by atoms with Gasteiger partial charge < -0.3 is 15.4 Å². The van der Waals surface area contributed by atoms with Gasteiger partial charge in [0.15, 0.2) is 5.96 Å². The molecule has 0 radical (unpaired) electrons. The Morgan fingerprint density at radius 1 is 1.22 bits per heavy atom. The van der Waals surface area contributed by atoms with Crippen LogP contribution < -0.4 is 10.6 Å². The highest BCUT2D eigenvalue weighted by molar-refractivity contribution is 14.0. The molecular formula is C15H30F3IN4O3S. The first-order valence-corrected chi connectivity index (χ1v) is 10.0. The summed E-state index contributed by atoms with van der Waals surface area (Å²) in [4.78, 5) is 4.44. The number of sulfonamides is 1. The summed E-state index contributed by atoms with van der Waals surface area (Å²) in [6, 6.07) is 0. The minimum Gasteiger partial charge on any atom is -0.377 e. The molecule has 1 aliphatic heterocycles. The summed E-state index contributed by atoms with van der Waals surface area (Å²) in [5, 5.41) is 6.26. The zero-order valence-electron chi connectivity index (χ0n) is 16.1. The Balaban J connectivity index is 0.00000676. The Morgan fingerprint density at radius 2 is 1.78 bits per heavy atom. The molecule has 0 amide bonds. The molecule has 0 aromatic rings. The summed E-state index contributed by atoms with van der Waals surface area (Å²) in [6.45, 7) is 7.13. The van der Waals surface area contributed by atoms with Crippen LogP contribution in [-0.2, 0) is 14.8 Å². The molecule has 1 aliphatic rings. The lowest BCUT2D eigenvalue weighted by molar-refractivity contribution is -0.0496. The van der Waals surface area contributed by atoms with Crippen LogP contribution in [0.25, 0.3) is 0 Å². The Hall–Kier alpha value is -0.340. The molecule has 1 heterocycles. The number of nitrogens with zero attached hydrogens (tertiary/aromatic N) is 2. The molecule has 0 saturated carbocycles. The molecule has 12 heteroatoms. The third kappa shape index (κ3) is 8.28. The SMILES string of the molecule is CCNC(=NCC(C)(C)OC)NCC1CCN(S(=O)(=O)C(F)(F)F)CC1.I. The van der Waals surface area contributed by atoms with Crippen LogP contribution in [0.5, 0.6) is 0 Å². The summed E-state index contributed by atoms with van der Waals surface area (Å²) < 4.78 is 66.4. The van der Waals surface area contributed by atoms with Gasteiger partial charge in [0.25, 0.3) is 0 Å². The highest BCUT2D eigenvalue weighted by Crippen LogP contribution is 2.30. The van der Waals surface area contributed by atoms with E-state index in [1.54, 1.807) is 7.11 Å². The molecule has 1 rings (SSSR count). The number of guanidine groups is 1. The quantitative estimate of drug-likeness (QED) is 0.300. The van der Waals surface area contributed by atoms with Crippen molar-refractivity contribution in [3.8, 4) is 0 Å². The van der Waals surface area contributed by atoms with Crippen molar-refractivity contribution in [3.05, 3.63) is 0 Å². The first kappa shape index (κ1) is 26.7. The first-order chi connectivity index (χ1) is 11.9. The predicted octanol–water partition coefficient (Wildman–Crippen LogP) is 2.15. The second-order valence-corrected chi connectivity index (χ2v) is 8.76. The highest BCUT2D eigenvalue weighted by Gasteiger charge is 2.50. The van der Waals surface area contributed by atoms with Crippen LogP contribution in [0.4, 0.5) is 13.2 Å². The molecule has 7 nitrogen and oxygen atoms in total. The van der Waals surface area contributed by atoms with Crippen molar-refractivity contribution in [2.45, 2.75) is 44.7 Å². The fourth-order valence-corrected chi connectivity index (χ4v) is 3.40. The van der Waals surface area contributed by atoms with Crippen LogP contribution >= 0.6 is 24.0 Å². The van der Waals surface area contributed by atoms with Gasteiger partial charge in [-0.2, -0.15) is 17.5 Å². The maximum Gasteiger partial charge on any atom is 0.511 e. The predicted molar refractivity (Wildman–Crippen MR) is 110 cm³/mol. The van der Waals surface area contributed by atoms with Crippen molar-refractivity contribution < 1.29 is 26.3 Å². The van der Waals surface area contributed by atoms with Crippen LogP contribution in [0, 0.1) is 5.92 Å². The number of hydrogen-bond donors (Lipinski definition) is 2. The van der Waals surface area contributed by atoms with Gasteiger partial charge in [0.1, 0.15) is 0 Å². The number of nitrogens with one attached hydrogen (secondary N) is 2. The van der Waals surface area contributed by atoms with E-state index in [4.69, 9.17) is 4.74 Å². The van der Waals surface area contributed by atoms with E-state index in [1.165, 1.54) is 0 Å². The molecule has 2 N–H and O–H groups in total. The first-order valence-electron chi connectivity index (χ1n) is 8.56. The third-order valence-corrected chi connectivity index (χ3v) is 5.91. The van der Waals surface area contributed by atoms with E-state index in [1.807, 2.05) is 20.8 Å². The van der Waals surface area contributed by atoms with E-state index in [9.17, 15) is 21.6 Å². The molecule has 0 bridgehead atoms. The standard InChI is InChI=1S/C15H29F3N4O3S.HI/c1-5-19-13(21-11-14(2,3)25-4)20-10-12-6-8-22(9-7-12)26(23,24)15(16,17)18;/h12H,5-11H2,1-4H3,(H2,19,20,21);1H. The number of halogens is 4. The zero-order chi connectivity index (χ0) is 20.0. The van der Waals surface area contributed by atoms with Crippen LogP contribution in [0.1, 0.15) is 33.6 Å². The van der Waals surface area contributed by atoms with Gasteiger partial charge in [-0.05, 0) is 39.5 Å². The van der Waals surface area contributed by atoms with E-state index >= 15 is 0 Å². The molecule has 27 heavy (non-hydrogen) atoms. The topological polar surface area (TPSA) is 83.0 Å². The van der Waals surface area contributed by atoms with Gasteiger partial charge in [0, 0.05) is 33.3 Å². The van der Waals surface area contributed by atoms with Crippen molar-refractivity contribution in [1.29, 1.82) is 0 Å². The van der Waals surface area contributed by atoms with Crippen molar-refractivity contribution in [2.24, 2.45) is 10.9 Å². The molecule has 0 unspecified atom stereocenters. The van der Waals surface area contributed by atoms with Crippen molar-refractivity contribution in [2.75, 3.05) is 39.8 Å². The van der Waals surface area contributed by atoms with Crippen LogP contribution in [-0.4, -0.2) is 69.6 Å². The van der Waals surface area contributed by atoms with Crippen molar-refractivity contribution in [1.82, 2.24) is 14.9 Å². The largest absolute Gasteiger partial charge is 0.511 e. The Kier molecular flexibility index (Phi) is 10.9. The summed E-state index contributed by atoms with van der Waals surface area (Å²) in [6.07, 6.45) is 0.733. The molecule has 0 atom stereocenters. The van der Waals surface area contributed by atoms with Gasteiger partial charge in [0.2, 0.25) is 0 Å². The van der Waals surface area contributed by atoms with E-state index in [2.05, 4.69) is 15.6 Å². The summed E-state index contributed by atoms with van der Waals surface area (Å²) in [7, 11) is -3.62. The molecule has 0 aromatic carbocycles. The third-order valence-electron chi connectivity index (χ3n) is 4.28. The smallest absolute Gasteiger partial charge is 0.377 e. The minimum absolute atomic E-state index is 0. The van der Waals surface area contributed by atoms with Gasteiger partial charge in [-0.3, -0.25) is 4.99 Å². The van der Waals surface area contributed by atoms with Crippen LogP contribution in [0.3, 0.4) is 0 Å². The second kappa shape index (κ2) is 11.0. The van der Waals surface area contributed by atoms with Gasteiger partial charge in [-0.25, -0.2) is 8.42 Å². The highest BCUT2D eigenvalue weighted by atomic mass is 127. The Morgan fingerprint density at radius 3 is 2.22 bits per heavy atom. The van der Waals surface area contributed by atoms with E-state index in [0.29, 0.717) is 42.7 Å². The van der Waals surface area contributed by atoms with Gasteiger partial charge in [-0.1, -0.05) is 0 Å². The maximum atomic E-state index is 12.6. The minimum atomic E-state index is -5.24. The lowest BCUT2D eigenvalue weighted by atomic mass is 9.98. The summed E-state index contributed by atoms with van der Waals surface area (Å²) >= 11 is 0. The summed E-state index contributed by atoms with van der Waals surface area (Å²) in [5.41, 5.74) is -5.64. The van der Waals surface area contributed by atoms with Crippen LogP contribution in [0.2, 0.25) is 0 Å². The average molecular weight is 530 g/mol. The van der Waals surface area contributed by atoms with Gasteiger partial charge in [-0.15, -0.1) is 24.0 Å². The number of methoxy groups -OCH3 is 1. The molecule has 1 saturated heterocycles. The molecule has 1 fully saturated rings. The second-order valence-electron chi connectivity index (χ2n) is 6.83. The Bertz CT molecular complexity index is 577.